The van der Waals surface area contributed by atoms with Crippen molar-refractivity contribution >= 4 is 11.6 Å². The maximum Gasteiger partial charge on any atom is 0.275 e. The number of amides is 1. The molecule has 0 fully saturated rings. The third-order valence-electron chi connectivity index (χ3n) is 2.56. The third-order valence-corrected chi connectivity index (χ3v) is 2.56. The number of hydrogen-bond donors (Lipinski definition) is 2. The van der Waals surface area contributed by atoms with Gasteiger partial charge < -0.3 is 10.6 Å². The lowest BCUT2D eigenvalue weighted by Gasteiger charge is -2.07. The first-order chi connectivity index (χ1) is 9.29. The zero-order valence-electron chi connectivity index (χ0n) is 10.8. The Balaban J connectivity index is 2.05. The van der Waals surface area contributed by atoms with Gasteiger partial charge in [0.2, 0.25) is 0 Å². The molecule has 0 saturated carbocycles. The number of nitrogens with zero attached hydrogens (tertiary/aromatic N) is 2. The second-order valence-corrected chi connectivity index (χ2v) is 4.03. The van der Waals surface area contributed by atoms with E-state index >= 15 is 0 Å². The van der Waals surface area contributed by atoms with Gasteiger partial charge in [0.05, 0.1) is 6.20 Å². The summed E-state index contributed by atoms with van der Waals surface area (Å²) in [5.41, 5.74) is 2.18. The first kappa shape index (κ1) is 13.2. The van der Waals surface area contributed by atoms with Crippen LogP contribution < -0.4 is 10.6 Å². The molecular formula is C14H16N4O. The van der Waals surface area contributed by atoms with Crippen molar-refractivity contribution < 1.29 is 4.79 Å². The zero-order chi connectivity index (χ0) is 13.5. The van der Waals surface area contributed by atoms with Gasteiger partial charge in [-0.3, -0.25) is 9.78 Å². The second-order valence-electron chi connectivity index (χ2n) is 4.03. The van der Waals surface area contributed by atoms with Gasteiger partial charge in [-0.05, 0) is 24.2 Å². The average Bonchev–Trinajstić information content (AvgIpc) is 2.46. The van der Waals surface area contributed by atoms with E-state index in [4.69, 9.17) is 0 Å². The number of hydrogen-bond acceptors (Lipinski definition) is 4. The van der Waals surface area contributed by atoms with E-state index < -0.39 is 0 Å². The van der Waals surface area contributed by atoms with Crippen LogP contribution in [-0.2, 0) is 6.54 Å². The number of carbonyl (C=O) groups is 1. The Hall–Kier alpha value is -2.27. The molecule has 2 N–H and O–H groups in total. The van der Waals surface area contributed by atoms with E-state index in [1.165, 1.54) is 18.6 Å². The van der Waals surface area contributed by atoms with Crippen molar-refractivity contribution in [1.82, 2.24) is 15.3 Å². The molecule has 0 atom stereocenters. The lowest BCUT2D eigenvalue weighted by Crippen LogP contribution is -2.15. The van der Waals surface area contributed by atoms with Gasteiger partial charge in [0, 0.05) is 24.6 Å². The van der Waals surface area contributed by atoms with Gasteiger partial charge in [0.15, 0.2) is 0 Å². The van der Waals surface area contributed by atoms with E-state index in [0.29, 0.717) is 5.69 Å². The molecule has 98 valence electrons. The van der Waals surface area contributed by atoms with E-state index in [9.17, 15) is 4.79 Å². The number of carbonyl (C=O) groups excluding carboxylic acids is 1. The summed E-state index contributed by atoms with van der Waals surface area (Å²) in [7, 11) is 0. The second kappa shape index (κ2) is 6.61. The van der Waals surface area contributed by atoms with Crippen LogP contribution in [0, 0.1) is 0 Å². The molecule has 2 aromatic rings. The molecule has 0 aliphatic rings. The highest BCUT2D eigenvalue weighted by atomic mass is 16.1. The molecule has 1 heterocycles. The minimum atomic E-state index is -0.256. The van der Waals surface area contributed by atoms with Crippen molar-refractivity contribution in [3.05, 3.63) is 54.1 Å². The summed E-state index contributed by atoms with van der Waals surface area (Å²) in [4.78, 5) is 19.7. The fourth-order valence-electron chi connectivity index (χ4n) is 1.64. The SMILES string of the molecule is CCNCc1cccc(NC(=O)c2cnccn2)c1. The number of anilines is 1. The van der Waals surface area contributed by atoms with Crippen molar-refractivity contribution in [3.63, 3.8) is 0 Å². The maximum absolute atomic E-state index is 11.9. The summed E-state index contributed by atoms with van der Waals surface area (Å²) >= 11 is 0. The predicted octanol–water partition coefficient (Wildman–Crippen LogP) is 1.84. The van der Waals surface area contributed by atoms with Gasteiger partial charge in [-0.15, -0.1) is 0 Å². The molecule has 19 heavy (non-hydrogen) atoms. The molecule has 0 saturated heterocycles. The molecule has 1 aromatic heterocycles. The van der Waals surface area contributed by atoms with Crippen LogP contribution in [-0.4, -0.2) is 22.4 Å². The molecule has 1 aromatic carbocycles. The minimum Gasteiger partial charge on any atom is -0.321 e. The summed E-state index contributed by atoms with van der Waals surface area (Å²) < 4.78 is 0. The first-order valence-electron chi connectivity index (χ1n) is 6.16. The molecule has 2 rings (SSSR count). The fraction of sp³-hybridized carbons (Fsp3) is 0.214. The summed E-state index contributed by atoms with van der Waals surface area (Å²) in [6, 6.07) is 7.72. The highest BCUT2D eigenvalue weighted by molar-refractivity contribution is 6.02. The zero-order valence-corrected chi connectivity index (χ0v) is 10.8. The van der Waals surface area contributed by atoms with Crippen LogP contribution in [0.2, 0.25) is 0 Å². The van der Waals surface area contributed by atoms with Crippen LogP contribution in [0.1, 0.15) is 23.0 Å². The Morgan fingerprint density at radius 3 is 2.95 bits per heavy atom. The van der Waals surface area contributed by atoms with Crippen LogP contribution in [0.15, 0.2) is 42.9 Å². The average molecular weight is 256 g/mol. The van der Waals surface area contributed by atoms with Crippen LogP contribution in [0.5, 0.6) is 0 Å². The first-order valence-corrected chi connectivity index (χ1v) is 6.16. The molecule has 0 aliphatic heterocycles. The summed E-state index contributed by atoms with van der Waals surface area (Å²) in [6.07, 6.45) is 4.47. The van der Waals surface area contributed by atoms with E-state index in [-0.39, 0.29) is 5.91 Å². The molecule has 5 nitrogen and oxygen atoms in total. The predicted molar refractivity (Wildman–Crippen MR) is 73.8 cm³/mol. The monoisotopic (exact) mass is 256 g/mol. The smallest absolute Gasteiger partial charge is 0.275 e. The molecule has 0 aliphatic carbocycles. The van der Waals surface area contributed by atoms with E-state index in [0.717, 1.165) is 24.3 Å². The Labute approximate surface area is 112 Å². The van der Waals surface area contributed by atoms with E-state index in [1.54, 1.807) is 0 Å². The van der Waals surface area contributed by atoms with Gasteiger partial charge in [-0.2, -0.15) is 0 Å². The molecule has 5 heteroatoms. The summed E-state index contributed by atoms with van der Waals surface area (Å²) in [5.74, 6) is -0.256. The van der Waals surface area contributed by atoms with Crippen LogP contribution in [0.25, 0.3) is 0 Å². The molecule has 0 unspecified atom stereocenters. The molecular weight excluding hydrogens is 240 g/mol. The molecule has 1 amide bonds. The minimum absolute atomic E-state index is 0.256. The van der Waals surface area contributed by atoms with Crippen LogP contribution in [0.3, 0.4) is 0 Å². The van der Waals surface area contributed by atoms with Gasteiger partial charge >= 0.3 is 0 Å². The van der Waals surface area contributed by atoms with Crippen molar-refractivity contribution in [2.24, 2.45) is 0 Å². The van der Waals surface area contributed by atoms with Gasteiger partial charge in [0.25, 0.3) is 5.91 Å². The van der Waals surface area contributed by atoms with Crippen LogP contribution in [0.4, 0.5) is 5.69 Å². The quantitative estimate of drug-likeness (QED) is 0.856. The standard InChI is InChI=1S/C14H16N4O/c1-2-15-9-11-4-3-5-12(8-11)18-14(19)13-10-16-6-7-17-13/h3-8,10,15H,2,9H2,1H3,(H,18,19). The Morgan fingerprint density at radius 2 is 2.21 bits per heavy atom. The lowest BCUT2D eigenvalue weighted by molar-refractivity contribution is 0.102. The van der Waals surface area contributed by atoms with Gasteiger partial charge in [-0.25, -0.2) is 4.98 Å². The van der Waals surface area contributed by atoms with Crippen molar-refractivity contribution in [2.75, 3.05) is 11.9 Å². The molecule has 0 radical (unpaired) electrons. The number of benzene rings is 1. The van der Waals surface area contributed by atoms with Crippen LogP contribution >= 0.6 is 0 Å². The van der Waals surface area contributed by atoms with Gasteiger partial charge in [-0.1, -0.05) is 19.1 Å². The van der Waals surface area contributed by atoms with Crippen molar-refractivity contribution in [3.8, 4) is 0 Å². The highest BCUT2D eigenvalue weighted by Gasteiger charge is 2.07. The fourth-order valence-corrected chi connectivity index (χ4v) is 1.64. The number of aromatic nitrogens is 2. The number of rotatable bonds is 5. The van der Waals surface area contributed by atoms with Crippen molar-refractivity contribution in [2.45, 2.75) is 13.5 Å². The highest BCUT2D eigenvalue weighted by Crippen LogP contribution is 2.11. The Bertz CT molecular complexity index is 542. The lowest BCUT2D eigenvalue weighted by atomic mass is 10.2. The normalized spacial score (nSPS) is 10.2. The maximum atomic E-state index is 11.9. The van der Waals surface area contributed by atoms with Crippen molar-refractivity contribution in [1.29, 1.82) is 0 Å². The van der Waals surface area contributed by atoms with Gasteiger partial charge in [0.1, 0.15) is 5.69 Å². The Morgan fingerprint density at radius 1 is 1.32 bits per heavy atom. The number of nitrogens with one attached hydrogen (secondary N) is 2. The summed E-state index contributed by atoms with van der Waals surface area (Å²) in [5, 5.41) is 6.05. The van der Waals surface area contributed by atoms with E-state index in [1.807, 2.05) is 24.3 Å². The largest absolute Gasteiger partial charge is 0.321 e. The van der Waals surface area contributed by atoms with E-state index in [2.05, 4.69) is 27.5 Å². The third kappa shape index (κ3) is 3.86. The molecule has 0 bridgehead atoms. The Kier molecular flexibility index (Phi) is 4.58. The topological polar surface area (TPSA) is 66.9 Å². The summed E-state index contributed by atoms with van der Waals surface area (Å²) in [6.45, 7) is 3.75. The molecule has 0 spiro atoms.